The summed E-state index contributed by atoms with van der Waals surface area (Å²) >= 11 is 0. The van der Waals surface area contributed by atoms with Crippen LogP contribution in [-0.2, 0) is 0 Å². The molecule has 1 rings (SSSR count). The molecule has 12 heavy (non-hydrogen) atoms. The molecule has 0 fully saturated rings. The molecule has 0 nitrogen and oxygen atoms in total. The summed E-state index contributed by atoms with van der Waals surface area (Å²) < 4.78 is 0. The maximum Gasteiger partial charge on any atom is -0.0146 e. The fraction of sp³-hybridized carbons (Fsp3) is 0.417. The lowest BCUT2D eigenvalue weighted by Crippen LogP contribution is -1.92. The monoisotopic (exact) mass is 160 g/mol. The fourth-order valence-corrected chi connectivity index (χ4v) is 1.27. The molecule has 0 saturated heterocycles. The zero-order valence-electron chi connectivity index (χ0n) is 7.72. The highest BCUT2D eigenvalue weighted by Crippen LogP contribution is 2.19. The highest BCUT2D eigenvalue weighted by Gasteiger charge is 2.02. The lowest BCUT2D eigenvalue weighted by molar-refractivity contribution is 0.661. The maximum absolute atomic E-state index is 4.11. The molecule has 1 aromatic rings. The first-order valence-corrected chi connectivity index (χ1v) is 4.64. The minimum atomic E-state index is 0.422. The predicted molar refractivity (Wildman–Crippen MR) is 52.9 cm³/mol. The highest BCUT2D eigenvalue weighted by atomic mass is 14.1. The molecule has 2 radical (unpaired) electrons. The highest BCUT2D eigenvalue weighted by molar-refractivity contribution is 5.18. The zero-order chi connectivity index (χ0) is 8.81. The third kappa shape index (κ3) is 2.69. The molecule has 0 N–H and O–H groups in total. The number of hydrogen-bond acceptors (Lipinski definition) is 0. The van der Waals surface area contributed by atoms with Crippen LogP contribution in [0, 0.1) is 13.0 Å². The van der Waals surface area contributed by atoms with E-state index in [0.29, 0.717) is 5.92 Å². The van der Waals surface area contributed by atoms with Gasteiger partial charge >= 0.3 is 0 Å². The van der Waals surface area contributed by atoms with E-state index in [9.17, 15) is 0 Å². The minimum absolute atomic E-state index is 0.422. The van der Waals surface area contributed by atoms with Crippen molar-refractivity contribution in [1.29, 1.82) is 0 Å². The summed E-state index contributed by atoms with van der Waals surface area (Å²) in [7, 11) is 0. The molecule has 0 amide bonds. The third-order valence-electron chi connectivity index (χ3n) is 2.08. The van der Waals surface area contributed by atoms with Crippen LogP contribution >= 0.6 is 0 Å². The Morgan fingerprint density at radius 1 is 1.50 bits per heavy atom. The Bertz CT molecular complexity index is 201. The van der Waals surface area contributed by atoms with E-state index >= 15 is 0 Å². The summed E-state index contributed by atoms with van der Waals surface area (Å²) in [6, 6.07) is 11.3. The summed E-state index contributed by atoms with van der Waals surface area (Å²) in [4.78, 5) is 0. The SMILES string of the molecule is [CH2]C(CCCC)c1[c]cccc1. The molecular weight excluding hydrogens is 144 g/mol. The average Bonchev–Trinajstić information content (AvgIpc) is 2.15. The summed E-state index contributed by atoms with van der Waals surface area (Å²) in [5.74, 6) is 0.422. The van der Waals surface area contributed by atoms with Gasteiger partial charge in [0.1, 0.15) is 0 Å². The van der Waals surface area contributed by atoms with Crippen LogP contribution in [0.2, 0.25) is 0 Å². The molecule has 0 heterocycles. The first-order valence-electron chi connectivity index (χ1n) is 4.64. The predicted octanol–water partition coefficient (Wildman–Crippen LogP) is 3.59. The third-order valence-corrected chi connectivity index (χ3v) is 2.08. The second-order valence-electron chi connectivity index (χ2n) is 3.16. The molecule has 1 atom stereocenters. The van der Waals surface area contributed by atoms with Gasteiger partial charge in [-0.15, -0.1) is 0 Å². The van der Waals surface area contributed by atoms with Crippen molar-refractivity contribution in [1.82, 2.24) is 0 Å². The Morgan fingerprint density at radius 2 is 2.33 bits per heavy atom. The average molecular weight is 160 g/mol. The molecular formula is C12H16. The first-order chi connectivity index (χ1) is 5.84. The zero-order valence-corrected chi connectivity index (χ0v) is 7.72. The quantitative estimate of drug-likeness (QED) is 0.631. The van der Waals surface area contributed by atoms with Gasteiger partial charge < -0.3 is 0 Å². The van der Waals surface area contributed by atoms with Crippen molar-refractivity contribution >= 4 is 0 Å². The number of hydrogen-bond donors (Lipinski definition) is 0. The Morgan fingerprint density at radius 3 is 2.92 bits per heavy atom. The van der Waals surface area contributed by atoms with E-state index in [0.717, 1.165) is 0 Å². The largest absolute Gasteiger partial charge is 0.0654 e. The minimum Gasteiger partial charge on any atom is -0.0654 e. The van der Waals surface area contributed by atoms with Gasteiger partial charge in [-0.25, -0.2) is 0 Å². The topological polar surface area (TPSA) is 0 Å². The summed E-state index contributed by atoms with van der Waals surface area (Å²) in [6.45, 7) is 6.32. The van der Waals surface area contributed by atoms with Crippen LogP contribution < -0.4 is 0 Å². The van der Waals surface area contributed by atoms with Crippen LogP contribution in [-0.4, -0.2) is 0 Å². The van der Waals surface area contributed by atoms with Gasteiger partial charge in [-0.05, 0) is 30.9 Å². The Balaban J connectivity index is 2.48. The number of rotatable bonds is 4. The van der Waals surface area contributed by atoms with E-state index in [1.807, 2.05) is 12.1 Å². The lowest BCUT2D eigenvalue weighted by atomic mass is 9.96. The fourth-order valence-electron chi connectivity index (χ4n) is 1.27. The van der Waals surface area contributed by atoms with Gasteiger partial charge in [0.2, 0.25) is 0 Å². The molecule has 0 bridgehead atoms. The summed E-state index contributed by atoms with van der Waals surface area (Å²) in [5.41, 5.74) is 1.24. The van der Waals surface area contributed by atoms with Gasteiger partial charge in [0.15, 0.2) is 0 Å². The van der Waals surface area contributed by atoms with Crippen molar-refractivity contribution in [3.8, 4) is 0 Å². The van der Waals surface area contributed by atoms with Crippen molar-refractivity contribution in [2.75, 3.05) is 0 Å². The Hall–Kier alpha value is -0.780. The Labute approximate surface area is 75.6 Å². The van der Waals surface area contributed by atoms with Gasteiger partial charge in [-0.3, -0.25) is 0 Å². The number of unbranched alkanes of at least 4 members (excludes halogenated alkanes) is 1. The standard InChI is InChI=1S/C12H16/c1-3-4-8-11(2)12-9-6-5-7-10-12/h5-7,9,11H,2-4,8H2,1H3. The van der Waals surface area contributed by atoms with Crippen molar-refractivity contribution in [3.63, 3.8) is 0 Å². The number of benzene rings is 1. The van der Waals surface area contributed by atoms with E-state index in [1.54, 1.807) is 0 Å². The van der Waals surface area contributed by atoms with Crippen LogP contribution in [0.15, 0.2) is 24.3 Å². The van der Waals surface area contributed by atoms with Crippen LogP contribution in [0.25, 0.3) is 0 Å². The van der Waals surface area contributed by atoms with Gasteiger partial charge in [-0.1, -0.05) is 44.0 Å². The second kappa shape index (κ2) is 4.97. The molecule has 0 aromatic heterocycles. The van der Waals surface area contributed by atoms with Crippen LogP contribution in [0.1, 0.15) is 37.7 Å². The van der Waals surface area contributed by atoms with Gasteiger partial charge in [0, 0.05) is 0 Å². The van der Waals surface area contributed by atoms with Crippen molar-refractivity contribution in [3.05, 3.63) is 42.8 Å². The lowest BCUT2D eigenvalue weighted by Gasteiger charge is -2.09. The molecule has 0 spiro atoms. The van der Waals surface area contributed by atoms with E-state index in [2.05, 4.69) is 32.0 Å². The van der Waals surface area contributed by atoms with Crippen LogP contribution in [0.3, 0.4) is 0 Å². The maximum atomic E-state index is 4.11. The molecule has 1 unspecified atom stereocenters. The van der Waals surface area contributed by atoms with E-state index in [1.165, 1.54) is 24.8 Å². The van der Waals surface area contributed by atoms with Crippen LogP contribution in [0.5, 0.6) is 0 Å². The molecule has 0 saturated carbocycles. The summed E-state index contributed by atoms with van der Waals surface area (Å²) in [5, 5.41) is 0. The van der Waals surface area contributed by atoms with E-state index < -0.39 is 0 Å². The molecule has 0 aliphatic rings. The van der Waals surface area contributed by atoms with E-state index in [-0.39, 0.29) is 0 Å². The van der Waals surface area contributed by atoms with Gasteiger partial charge in [0.25, 0.3) is 0 Å². The van der Waals surface area contributed by atoms with Crippen LogP contribution in [0.4, 0.5) is 0 Å². The molecule has 1 aromatic carbocycles. The van der Waals surface area contributed by atoms with Gasteiger partial charge in [0.05, 0.1) is 0 Å². The molecule has 0 heteroatoms. The molecule has 0 aliphatic heterocycles. The van der Waals surface area contributed by atoms with Crippen molar-refractivity contribution < 1.29 is 0 Å². The summed E-state index contributed by atoms with van der Waals surface area (Å²) in [6.07, 6.45) is 3.69. The van der Waals surface area contributed by atoms with Gasteiger partial charge in [-0.2, -0.15) is 0 Å². The second-order valence-corrected chi connectivity index (χ2v) is 3.16. The molecule has 0 aliphatic carbocycles. The normalized spacial score (nSPS) is 12.8. The van der Waals surface area contributed by atoms with Crippen molar-refractivity contribution in [2.24, 2.45) is 0 Å². The first kappa shape index (κ1) is 9.31. The van der Waals surface area contributed by atoms with Crippen molar-refractivity contribution in [2.45, 2.75) is 32.1 Å². The Kier molecular flexibility index (Phi) is 3.86. The molecule has 64 valence electrons. The smallest absolute Gasteiger partial charge is 0.0146 e. The van der Waals surface area contributed by atoms with E-state index in [4.69, 9.17) is 0 Å².